The lowest BCUT2D eigenvalue weighted by Crippen LogP contribution is -2.18. The van der Waals surface area contributed by atoms with Crippen LogP contribution in [0.4, 0.5) is 0 Å². The van der Waals surface area contributed by atoms with Crippen LogP contribution in [-0.2, 0) is 6.54 Å². The zero-order valence-electron chi connectivity index (χ0n) is 12.8. The number of hydrogen-bond acceptors (Lipinski definition) is 4. The van der Waals surface area contributed by atoms with Crippen molar-refractivity contribution in [2.45, 2.75) is 26.4 Å². The maximum atomic E-state index is 5.45. The molecule has 1 heterocycles. The Morgan fingerprint density at radius 1 is 1.14 bits per heavy atom. The molecule has 0 radical (unpaired) electrons. The van der Waals surface area contributed by atoms with Crippen LogP contribution in [0, 0.1) is 0 Å². The number of nitrogens with one attached hydrogen (secondary N) is 1. The van der Waals surface area contributed by atoms with Crippen molar-refractivity contribution < 1.29 is 9.47 Å². The van der Waals surface area contributed by atoms with E-state index in [0.29, 0.717) is 19.0 Å². The second kappa shape index (κ2) is 7.64. The fraction of sp³-hybridized carbons (Fsp3) is 0.353. The molecule has 1 aromatic heterocycles. The third-order valence-corrected chi connectivity index (χ3v) is 3.27. The van der Waals surface area contributed by atoms with Gasteiger partial charge in [-0.25, -0.2) is 4.98 Å². The Hall–Kier alpha value is -2.07. The van der Waals surface area contributed by atoms with Gasteiger partial charge < -0.3 is 14.8 Å². The third kappa shape index (κ3) is 4.46. The number of nitrogens with zero attached hydrogens (tertiary/aromatic N) is 1. The Labute approximate surface area is 126 Å². The maximum absolute atomic E-state index is 5.45. The number of benzene rings is 1. The van der Waals surface area contributed by atoms with Gasteiger partial charge >= 0.3 is 0 Å². The number of aromatic nitrogens is 1. The normalized spacial score (nSPS) is 12.0. The Morgan fingerprint density at radius 2 is 1.90 bits per heavy atom. The molecule has 21 heavy (non-hydrogen) atoms. The van der Waals surface area contributed by atoms with E-state index in [9.17, 15) is 0 Å². The quantitative estimate of drug-likeness (QED) is 0.847. The van der Waals surface area contributed by atoms with Crippen LogP contribution in [-0.4, -0.2) is 18.7 Å². The lowest BCUT2D eigenvalue weighted by atomic mass is 10.1. The highest BCUT2D eigenvalue weighted by Crippen LogP contribution is 2.18. The van der Waals surface area contributed by atoms with Gasteiger partial charge in [-0.1, -0.05) is 18.2 Å². The SMILES string of the molecule is CCOc1ccc(C(C)NCc2cccc(OC)n2)cc1. The van der Waals surface area contributed by atoms with Gasteiger partial charge in [0.05, 0.1) is 19.4 Å². The van der Waals surface area contributed by atoms with Crippen molar-refractivity contribution in [2.75, 3.05) is 13.7 Å². The summed E-state index contributed by atoms with van der Waals surface area (Å²) in [4.78, 5) is 4.39. The molecule has 0 bridgehead atoms. The molecule has 1 unspecified atom stereocenters. The van der Waals surface area contributed by atoms with Crippen molar-refractivity contribution in [3.63, 3.8) is 0 Å². The summed E-state index contributed by atoms with van der Waals surface area (Å²) >= 11 is 0. The van der Waals surface area contributed by atoms with Crippen molar-refractivity contribution >= 4 is 0 Å². The van der Waals surface area contributed by atoms with Gasteiger partial charge in [-0.2, -0.15) is 0 Å². The highest BCUT2D eigenvalue weighted by Gasteiger charge is 2.06. The molecule has 0 saturated carbocycles. The van der Waals surface area contributed by atoms with Crippen LogP contribution in [0.15, 0.2) is 42.5 Å². The number of rotatable bonds is 7. The topological polar surface area (TPSA) is 43.4 Å². The van der Waals surface area contributed by atoms with E-state index < -0.39 is 0 Å². The van der Waals surface area contributed by atoms with Crippen molar-refractivity contribution in [2.24, 2.45) is 0 Å². The fourth-order valence-electron chi connectivity index (χ4n) is 2.06. The number of methoxy groups -OCH3 is 1. The third-order valence-electron chi connectivity index (χ3n) is 3.27. The van der Waals surface area contributed by atoms with Crippen LogP contribution in [0.1, 0.15) is 31.1 Å². The van der Waals surface area contributed by atoms with Gasteiger partial charge in [-0.15, -0.1) is 0 Å². The van der Waals surface area contributed by atoms with Crippen LogP contribution < -0.4 is 14.8 Å². The molecule has 0 aliphatic rings. The van der Waals surface area contributed by atoms with Gasteiger partial charge in [-0.05, 0) is 37.6 Å². The Balaban J connectivity index is 1.92. The lowest BCUT2D eigenvalue weighted by Gasteiger charge is -2.15. The first-order valence-electron chi connectivity index (χ1n) is 7.19. The number of hydrogen-bond donors (Lipinski definition) is 1. The molecular weight excluding hydrogens is 264 g/mol. The van der Waals surface area contributed by atoms with E-state index in [1.807, 2.05) is 37.3 Å². The van der Waals surface area contributed by atoms with E-state index in [0.717, 1.165) is 11.4 Å². The Kier molecular flexibility index (Phi) is 5.58. The standard InChI is InChI=1S/C17H22N2O2/c1-4-21-16-10-8-14(9-11-16)13(2)18-12-15-6-5-7-17(19-15)20-3/h5-11,13,18H,4,12H2,1-3H3. The predicted molar refractivity (Wildman–Crippen MR) is 83.7 cm³/mol. The lowest BCUT2D eigenvalue weighted by molar-refractivity contribution is 0.340. The van der Waals surface area contributed by atoms with Crippen LogP contribution in [0.3, 0.4) is 0 Å². The second-order valence-electron chi connectivity index (χ2n) is 4.78. The van der Waals surface area contributed by atoms with Crippen molar-refractivity contribution in [3.8, 4) is 11.6 Å². The van der Waals surface area contributed by atoms with Crippen LogP contribution in [0.2, 0.25) is 0 Å². The minimum absolute atomic E-state index is 0.244. The summed E-state index contributed by atoms with van der Waals surface area (Å²) in [6.45, 7) is 5.51. The first-order valence-corrected chi connectivity index (χ1v) is 7.19. The molecule has 1 aromatic carbocycles. The molecule has 0 fully saturated rings. The molecule has 2 rings (SSSR count). The first-order chi connectivity index (χ1) is 10.2. The summed E-state index contributed by atoms with van der Waals surface area (Å²) in [6.07, 6.45) is 0. The Morgan fingerprint density at radius 3 is 2.57 bits per heavy atom. The van der Waals surface area contributed by atoms with Gasteiger partial charge in [-0.3, -0.25) is 0 Å². The molecule has 0 amide bonds. The summed E-state index contributed by atoms with van der Waals surface area (Å²) in [7, 11) is 1.63. The van der Waals surface area contributed by atoms with Crippen LogP contribution in [0.25, 0.3) is 0 Å². The van der Waals surface area contributed by atoms with E-state index >= 15 is 0 Å². The summed E-state index contributed by atoms with van der Waals surface area (Å²) in [5, 5.41) is 3.46. The smallest absolute Gasteiger partial charge is 0.213 e. The maximum Gasteiger partial charge on any atom is 0.213 e. The van der Waals surface area contributed by atoms with Gasteiger partial charge in [0, 0.05) is 18.7 Å². The largest absolute Gasteiger partial charge is 0.494 e. The molecule has 0 aliphatic carbocycles. The predicted octanol–water partition coefficient (Wildman–Crippen LogP) is 3.34. The average Bonchev–Trinajstić information content (AvgIpc) is 2.54. The molecular formula is C17H22N2O2. The van der Waals surface area contributed by atoms with Gasteiger partial charge in [0.2, 0.25) is 5.88 Å². The van der Waals surface area contributed by atoms with Crippen molar-refractivity contribution in [3.05, 3.63) is 53.7 Å². The van der Waals surface area contributed by atoms with E-state index in [-0.39, 0.29) is 6.04 Å². The van der Waals surface area contributed by atoms with E-state index in [1.165, 1.54) is 5.56 Å². The van der Waals surface area contributed by atoms with Gasteiger partial charge in [0.25, 0.3) is 0 Å². The van der Waals surface area contributed by atoms with Crippen molar-refractivity contribution in [1.82, 2.24) is 10.3 Å². The molecule has 4 heteroatoms. The molecule has 112 valence electrons. The molecule has 1 N–H and O–H groups in total. The number of ether oxygens (including phenoxy) is 2. The Bertz CT molecular complexity index is 555. The summed E-state index contributed by atoms with van der Waals surface area (Å²) < 4.78 is 10.6. The minimum Gasteiger partial charge on any atom is -0.494 e. The van der Waals surface area contributed by atoms with Gasteiger partial charge in [0.15, 0.2) is 0 Å². The van der Waals surface area contributed by atoms with Crippen molar-refractivity contribution in [1.29, 1.82) is 0 Å². The molecule has 0 saturated heterocycles. The second-order valence-corrected chi connectivity index (χ2v) is 4.78. The first kappa shape index (κ1) is 15.3. The molecule has 1 atom stereocenters. The monoisotopic (exact) mass is 286 g/mol. The van der Waals surface area contributed by atoms with Crippen LogP contribution in [0.5, 0.6) is 11.6 Å². The summed E-state index contributed by atoms with van der Waals surface area (Å²) in [6, 6.07) is 14.2. The summed E-state index contributed by atoms with van der Waals surface area (Å²) in [5.74, 6) is 1.55. The zero-order valence-corrected chi connectivity index (χ0v) is 12.8. The van der Waals surface area contributed by atoms with E-state index in [1.54, 1.807) is 7.11 Å². The zero-order chi connectivity index (χ0) is 15.1. The van der Waals surface area contributed by atoms with E-state index in [4.69, 9.17) is 9.47 Å². The van der Waals surface area contributed by atoms with Gasteiger partial charge in [0.1, 0.15) is 5.75 Å². The highest BCUT2D eigenvalue weighted by atomic mass is 16.5. The minimum atomic E-state index is 0.244. The highest BCUT2D eigenvalue weighted by molar-refractivity contribution is 5.29. The van der Waals surface area contributed by atoms with Crippen LogP contribution >= 0.6 is 0 Å². The van der Waals surface area contributed by atoms with E-state index in [2.05, 4.69) is 29.4 Å². The molecule has 4 nitrogen and oxygen atoms in total. The molecule has 0 spiro atoms. The molecule has 2 aromatic rings. The number of pyridine rings is 1. The summed E-state index contributed by atoms with van der Waals surface area (Å²) in [5.41, 5.74) is 2.19. The average molecular weight is 286 g/mol. The fourth-order valence-corrected chi connectivity index (χ4v) is 2.06. The molecule has 0 aliphatic heterocycles.